The number of hydrogen-bond donors (Lipinski definition) is 1. The van der Waals surface area contributed by atoms with Crippen molar-refractivity contribution in [2.75, 3.05) is 0 Å². The van der Waals surface area contributed by atoms with E-state index < -0.39 is 0 Å². The molecule has 1 N–H and O–H groups in total. The molecule has 0 saturated heterocycles. The van der Waals surface area contributed by atoms with Gasteiger partial charge in [0.25, 0.3) is 0 Å². The van der Waals surface area contributed by atoms with E-state index >= 15 is 0 Å². The predicted molar refractivity (Wildman–Crippen MR) is 133 cm³/mol. The van der Waals surface area contributed by atoms with Crippen molar-refractivity contribution in [2.24, 2.45) is 57.7 Å². The van der Waals surface area contributed by atoms with Crippen LogP contribution < -0.4 is 0 Å². The molecular formula is C30H54O. The molecule has 0 aromatic carbocycles. The van der Waals surface area contributed by atoms with Crippen LogP contribution in [0.5, 0.6) is 0 Å². The molecule has 10 unspecified atom stereocenters. The van der Waals surface area contributed by atoms with Crippen molar-refractivity contribution in [2.45, 2.75) is 132 Å². The molecule has 0 bridgehead atoms. The SMILES string of the molecule is CCC12CCC3(C)C(C(C)CCCC(C)C)CCC3(C)C1CCC1C(C)C(O)CCC12. The molecule has 31 heavy (non-hydrogen) atoms. The van der Waals surface area contributed by atoms with Gasteiger partial charge in [0, 0.05) is 0 Å². The van der Waals surface area contributed by atoms with Crippen molar-refractivity contribution < 1.29 is 5.11 Å². The lowest BCUT2D eigenvalue weighted by Gasteiger charge is -2.68. The summed E-state index contributed by atoms with van der Waals surface area (Å²) in [7, 11) is 0. The topological polar surface area (TPSA) is 20.2 Å². The maximum Gasteiger partial charge on any atom is 0.0568 e. The van der Waals surface area contributed by atoms with Crippen LogP contribution in [0.4, 0.5) is 0 Å². The van der Waals surface area contributed by atoms with E-state index in [1.165, 1.54) is 70.6 Å². The standard InChI is InChI=1S/C30H54O/c1-8-30-19-18-28(6)24(21(4)11-9-10-20(2)3)16-17-29(28,7)27(30)15-12-23-22(5)26(31)14-13-25(23)30/h20-27,31H,8-19H2,1-7H3. The van der Waals surface area contributed by atoms with Crippen molar-refractivity contribution >= 4 is 0 Å². The van der Waals surface area contributed by atoms with Gasteiger partial charge in [0.1, 0.15) is 0 Å². The van der Waals surface area contributed by atoms with Gasteiger partial charge in [-0.15, -0.1) is 0 Å². The summed E-state index contributed by atoms with van der Waals surface area (Å²) in [6.07, 6.45) is 16.7. The van der Waals surface area contributed by atoms with Crippen LogP contribution in [0.3, 0.4) is 0 Å². The normalized spacial score (nSPS) is 50.6. The van der Waals surface area contributed by atoms with Crippen molar-refractivity contribution in [3.05, 3.63) is 0 Å². The molecule has 10 atom stereocenters. The molecule has 180 valence electrons. The molecule has 0 heterocycles. The first kappa shape index (κ1) is 24.1. The molecule has 4 aliphatic carbocycles. The minimum atomic E-state index is -0.0429. The molecule has 4 aliphatic rings. The Hall–Kier alpha value is -0.0400. The molecule has 0 aliphatic heterocycles. The monoisotopic (exact) mass is 430 g/mol. The zero-order valence-corrected chi connectivity index (χ0v) is 22.1. The number of hydrogen-bond acceptors (Lipinski definition) is 1. The molecular weight excluding hydrogens is 376 g/mol. The van der Waals surface area contributed by atoms with Crippen LogP contribution in [0.2, 0.25) is 0 Å². The Balaban J connectivity index is 1.58. The first-order valence-corrected chi connectivity index (χ1v) is 14.3. The summed E-state index contributed by atoms with van der Waals surface area (Å²) in [6, 6.07) is 0. The molecule has 4 rings (SSSR count). The first-order chi connectivity index (χ1) is 14.6. The lowest BCUT2D eigenvalue weighted by atomic mass is 9.37. The van der Waals surface area contributed by atoms with Gasteiger partial charge in [0.15, 0.2) is 0 Å². The van der Waals surface area contributed by atoms with Gasteiger partial charge >= 0.3 is 0 Å². The van der Waals surface area contributed by atoms with Crippen LogP contribution in [0.15, 0.2) is 0 Å². The molecule has 0 amide bonds. The first-order valence-electron chi connectivity index (χ1n) is 14.3. The summed E-state index contributed by atoms with van der Waals surface area (Å²) in [5, 5.41) is 10.6. The Morgan fingerprint density at radius 1 is 0.871 bits per heavy atom. The Bertz CT molecular complexity index is 626. The van der Waals surface area contributed by atoms with Crippen LogP contribution in [0, 0.1) is 57.7 Å². The summed E-state index contributed by atoms with van der Waals surface area (Å²) in [5.74, 6) is 5.76. The van der Waals surface area contributed by atoms with E-state index in [1.807, 2.05) is 0 Å². The van der Waals surface area contributed by atoms with Gasteiger partial charge in [-0.25, -0.2) is 0 Å². The van der Waals surface area contributed by atoms with Crippen LogP contribution >= 0.6 is 0 Å². The van der Waals surface area contributed by atoms with Gasteiger partial charge in [-0.1, -0.05) is 67.7 Å². The molecule has 1 nitrogen and oxygen atoms in total. The van der Waals surface area contributed by atoms with Gasteiger partial charge < -0.3 is 5.11 Å². The average molecular weight is 431 g/mol. The van der Waals surface area contributed by atoms with Crippen LogP contribution in [0.1, 0.15) is 126 Å². The number of rotatable bonds is 6. The minimum absolute atomic E-state index is 0.0429. The van der Waals surface area contributed by atoms with E-state index in [9.17, 15) is 5.11 Å². The fourth-order valence-corrected chi connectivity index (χ4v) is 10.5. The quantitative estimate of drug-likeness (QED) is 0.448. The van der Waals surface area contributed by atoms with E-state index in [1.54, 1.807) is 0 Å². The minimum Gasteiger partial charge on any atom is -0.393 e. The van der Waals surface area contributed by atoms with E-state index in [-0.39, 0.29) is 6.10 Å². The van der Waals surface area contributed by atoms with Crippen LogP contribution in [0.25, 0.3) is 0 Å². The highest BCUT2D eigenvalue weighted by molar-refractivity contribution is 5.17. The number of aliphatic hydroxyl groups excluding tert-OH is 1. The number of aliphatic hydroxyl groups is 1. The van der Waals surface area contributed by atoms with Gasteiger partial charge in [0.05, 0.1) is 6.10 Å². The number of fused-ring (bicyclic) bond motifs is 5. The summed E-state index contributed by atoms with van der Waals surface area (Å²) in [5.41, 5.74) is 1.63. The molecule has 4 saturated carbocycles. The fourth-order valence-electron chi connectivity index (χ4n) is 10.5. The van der Waals surface area contributed by atoms with E-state index in [4.69, 9.17) is 0 Å². The maximum absolute atomic E-state index is 10.6. The maximum atomic E-state index is 10.6. The third-order valence-electron chi connectivity index (χ3n) is 12.6. The highest BCUT2D eigenvalue weighted by Crippen LogP contribution is 2.75. The second kappa shape index (κ2) is 8.63. The molecule has 0 radical (unpaired) electrons. The van der Waals surface area contributed by atoms with Gasteiger partial charge in [-0.3, -0.25) is 0 Å². The van der Waals surface area contributed by atoms with E-state index in [2.05, 4.69) is 48.5 Å². The van der Waals surface area contributed by atoms with Crippen molar-refractivity contribution in [3.63, 3.8) is 0 Å². The highest BCUT2D eigenvalue weighted by atomic mass is 16.3. The molecule has 4 fully saturated rings. The Morgan fingerprint density at radius 2 is 1.61 bits per heavy atom. The molecule has 0 aromatic rings. The molecule has 1 heteroatoms. The van der Waals surface area contributed by atoms with Crippen molar-refractivity contribution in [3.8, 4) is 0 Å². The third-order valence-corrected chi connectivity index (χ3v) is 12.6. The Labute approximate surface area is 194 Å². The second-order valence-electron chi connectivity index (χ2n) is 13.8. The smallest absolute Gasteiger partial charge is 0.0568 e. The molecule has 0 aromatic heterocycles. The summed E-state index contributed by atoms with van der Waals surface area (Å²) in [4.78, 5) is 0. The Morgan fingerprint density at radius 3 is 2.29 bits per heavy atom. The molecule has 0 spiro atoms. The lowest BCUT2D eigenvalue weighted by molar-refractivity contribution is -0.196. The van der Waals surface area contributed by atoms with E-state index in [0.717, 1.165) is 41.9 Å². The Kier molecular flexibility index (Phi) is 6.71. The predicted octanol–water partition coefficient (Wildman–Crippen LogP) is 8.49. The highest BCUT2D eigenvalue weighted by Gasteiger charge is 2.68. The third kappa shape index (κ3) is 3.57. The van der Waals surface area contributed by atoms with Gasteiger partial charge in [-0.05, 0) is 115 Å². The van der Waals surface area contributed by atoms with Crippen molar-refractivity contribution in [1.82, 2.24) is 0 Å². The average Bonchev–Trinajstić information content (AvgIpc) is 3.01. The van der Waals surface area contributed by atoms with Crippen molar-refractivity contribution in [1.29, 1.82) is 0 Å². The summed E-state index contributed by atoms with van der Waals surface area (Å²) >= 11 is 0. The second-order valence-corrected chi connectivity index (χ2v) is 13.8. The fraction of sp³-hybridized carbons (Fsp3) is 1.00. The zero-order valence-electron chi connectivity index (χ0n) is 22.1. The zero-order chi connectivity index (χ0) is 22.6. The van der Waals surface area contributed by atoms with Crippen LogP contribution in [-0.2, 0) is 0 Å². The van der Waals surface area contributed by atoms with E-state index in [0.29, 0.717) is 22.2 Å². The van der Waals surface area contributed by atoms with Gasteiger partial charge in [-0.2, -0.15) is 0 Å². The largest absolute Gasteiger partial charge is 0.393 e. The summed E-state index contributed by atoms with van der Waals surface area (Å²) in [6.45, 7) is 17.7. The van der Waals surface area contributed by atoms with Gasteiger partial charge in [0.2, 0.25) is 0 Å². The van der Waals surface area contributed by atoms with Crippen LogP contribution in [-0.4, -0.2) is 11.2 Å². The lowest BCUT2D eigenvalue weighted by Crippen LogP contribution is -2.61. The summed E-state index contributed by atoms with van der Waals surface area (Å²) < 4.78 is 0.